The van der Waals surface area contributed by atoms with Gasteiger partial charge in [-0.15, -0.1) is 0 Å². The topological polar surface area (TPSA) is 137 Å². The highest BCUT2D eigenvalue weighted by molar-refractivity contribution is 9.10. The number of aryl methyl sites for hydroxylation is 2. The molecular weight excluding hydrogens is 931 g/mol. The molecule has 0 saturated heterocycles. The number of aliphatic imine (C=N–C) groups is 1. The summed E-state index contributed by atoms with van der Waals surface area (Å²) >= 11 is 3.27. The molecule has 0 amide bonds. The van der Waals surface area contributed by atoms with Gasteiger partial charge in [0.15, 0.2) is 5.58 Å². The third kappa shape index (κ3) is 7.57. The van der Waals surface area contributed by atoms with Gasteiger partial charge in [-0.1, -0.05) is 127 Å². The molecule has 0 saturated carbocycles. The molecule has 10 nitrogen and oxygen atoms in total. The van der Waals surface area contributed by atoms with Crippen molar-refractivity contribution < 1.29 is 13.9 Å². The van der Waals surface area contributed by atoms with Crippen molar-refractivity contribution in [2.24, 2.45) is 4.99 Å². The van der Waals surface area contributed by atoms with Crippen molar-refractivity contribution in [3.8, 4) is 39.6 Å². The first kappa shape index (κ1) is 43.2. The summed E-state index contributed by atoms with van der Waals surface area (Å²) in [5, 5.41) is 10.7. The first-order valence-electron chi connectivity index (χ1n) is 22.5. The first-order chi connectivity index (χ1) is 33.7. The smallest absolute Gasteiger partial charge is 0.350 e. The molecule has 10 aromatic rings. The Hall–Kier alpha value is -8.41. The number of nitrogens with zero attached hydrogens (tertiary/aromatic N) is 3. The standard InChI is InChI=1S/C22H14BrNO3.C21H13NO4.C15H13N/c1-12-17-20(27-22(26)18(12)23)16-11-13-7-5-6-10-15(13)19(16)24(21(17)25)14-8-3-2-4-9-14;23-16-11-17(24)26-20-15-10-12-6-4-5-9-14(12)19(15)22(21(25)18(16)20)13-7-2-1-3-8-13;1-2-7-13(8-3-1)16-15-11-10-12-6-4-5-9-14(12)15/h2-10H,11H2,1H3;1-9,11,23H,10H2;1-9H,10-11H2. The molecule has 6 aromatic carbocycles. The van der Waals surface area contributed by atoms with Crippen LogP contribution in [0.25, 0.3) is 55.8 Å². The molecule has 3 aliphatic rings. The average Bonchev–Trinajstić information content (AvgIpc) is 4.09. The summed E-state index contributed by atoms with van der Waals surface area (Å²) in [6, 6.07) is 54.3. The second-order valence-corrected chi connectivity index (χ2v) is 17.8. The maximum Gasteiger partial charge on any atom is 0.350 e. The molecule has 336 valence electrons. The normalized spacial score (nSPS) is 13.2. The number of rotatable bonds is 3. The second kappa shape index (κ2) is 17.7. The maximum atomic E-state index is 13.6. The predicted molar refractivity (Wildman–Crippen MR) is 274 cm³/mol. The molecule has 11 heteroatoms. The molecule has 0 bridgehead atoms. The van der Waals surface area contributed by atoms with Crippen molar-refractivity contribution in [2.45, 2.75) is 32.6 Å². The zero-order chi connectivity index (χ0) is 47.3. The number of para-hydroxylation sites is 3. The minimum atomic E-state index is -0.676. The number of hydrogen-bond donors (Lipinski definition) is 1. The van der Waals surface area contributed by atoms with Crippen LogP contribution in [0.15, 0.2) is 207 Å². The Morgan fingerprint density at radius 3 is 1.57 bits per heavy atom. The van der Waals surface area contributed by atoms with Crippen LogP contribution in [0, 0.1) is 6.92 Å². The summed E-state index contributed by atoms with van der Waals surface area (Å²) in [5.74, 6) is -0.357. The van der Waals surface area contributed by atoms with Crippen molar-refractivity contribution in [1.29, 1.82) is 0 Å². The third-order valence-electron chi connectivity index (χ3n) is 12.9. The fraction of sp³-hybridized carbons (Fsp3) is 0.0862. The van der Waals surface area contributed by atoms with Gasteiger partial charge in [-0.2, -0.15) is 0 Å². The van der Waals surface area contributed by atoms with E-state index in [-0.39, 0.29) is 22.3 Å². The number of hydrogen-bond acceptors (Lipinski definition) is 8. The Morgan fingerprint density at radius 2 is 1.00 bits per heavy atom. The van der Waals surface area contributed by atoms with Crippen LogP contribution in [-0.2, 0) is 19.3 Å². The fourth-order valence-electron chi connectivity index (χ4n) is 9.82. The van der Waals surface area contributed by atoms with Gasteiger partial charge in [-0.25, -0.2) is 9.59 Å². The van der Waals surface area contributed by atoms with E-state index in [1.807, 2.05) is 140 Å². The quantitative estimate of drug-likeness (QED) is 0.186. The Labute approximate surface area is 402 Å². The van der Waals surface area contributed by atoms with Gasteiger partial charge in [0.1, 0.15) is 21.2 Å². The Bertz CT molecular complexity index is 3970. The monoisotopic (exact) mass is 969 g/mol. The van der Waals surface area contributed by atoms with E-state index in [0.717, 1.165) is 69.4 Å². The van der Waals surface area contributed by atoms with Gasteiger partial charge in [-0.3, -0.25) is 23.7 Å². The van der Waals surface area contributed by atoms with Crippen LogP contribution in [0.2, 0.25) is 0 Å². The van der Waals surface area contributed by atoms with E-state index < -0.39 is 16.8 Å². The summed E-state index contributed by atoms with van der Waals surface area (Å²) in [6.07, 6.45) is 3.34. The highest BCUT2D eigenvalue weighted by Gasteiger charge is 2.31. The Morgan fingerprint density at radius 1 is 0.536 bits per heavy atom. The summed E-state index contributed by atoms with van der Waals surface area (Å²) in [7, 11) is 0. The van der Waals surface area contributed by atoms with Crippen molar-refractivity contribution in [1.82, 2.24) is 9.13 Å². The lowest BCUT2D eigenvalue weighted by atomic mass is 10.1. The minimum absolute atomic E-state index is 0.0278. The lowest BCUT2D eigenvalue weighted by Gasteiger charge is -2.16. The molecule has 3 aliphatic carbocycles. The number of pyridine rings is 2. The fourth-order valence-corrected chi connectivity index (χ4v) is 10.1. The average molecular weight is 971 g/mol. The van der Waals surface area contributed by atoms with Gasteiger partial charge in [-0.05, 0) is 99.9 Å². The molecule has 0 unspecified atom stereocenters. The maximum absolute atomic E-state index is 13.6. The van der Waals surface area contributed by atoms with E-state index in [1.165, 1.54) is 16.8 Å². The molecule has 1 N–H and O–H groups in total. The highest BCUT2D eigenvalue weighted by atomic mass is 79.9. The van der Waals surface area contributed by atoms with E-state index in [4.69, 9.17) is 13.8 Å². The van der Waals surface area contributed by atoms with Crippen molar-refractivity contribution >= 4 is 49.3 Å². The Balaban J connectivity index is 0.000000117. The van der Waals surface area contributed by atoms with Gasteiger partial charge < -0.3 is 13.9 Å². The van der Waals surface area contributed by atoms with Gasteiger partial charge in [0.05, 0.1) is 28.5 Å². The second-order valence-electron chi connectivity index (χ2n) is 17.0. The van der Waals surface area contributed by atoms with E-state index in [1.54, 1.807) is 16.1 Å². The van der Waals surface area contributed by atoms with Crippen LogP contribution in [-0.4, -0.2) is 20.0 Å². The molecular formula is C58H40BrN3O7. The number of halogens is 1. The first-order valence-corrected chi connectivity index (χ1v) is 23.3. The number of benzene rings is 6. The summed E-state index contributed by atoms with van der Waals surface area (Å²) in [5.41, 5.74) is 13.1. The predicted octanol–water partition coefficient (Wildman–Crippen LogP) is 11.6. The highest BCUT2D eigenvalue weighted by Crippen LogP contribution is 2.42. The summed E-state index contributed by atoms with van der Waals surface area (Å²) in [6.45, 7) is 1.77. The van der Waals surface area contributed by atoms with Crippen LogP contribution in [0.3, 0.4) is 0 Å². The summed E-state index contributed by atoms with van der Waals surface area (Å²) in [4.78, 5) is 55.6. The van der Waals surface area contributed by atoms with Gasteiger partial charge in [0.25, 0.3) is 11.1 Å². The van der Waals surface area contributed by atoms with Crippen molar-refractivity contribution in [3.63, 3.8) is 0 Å². The number of fused-ring (bicyclic) bond motifs is 11. The van der Waals surface area contributed by atoms with Crippen LogP contribution >= 0.6 is 15.9 Å². The van der Waals surface area contributed by atoms with E-state index in [2.05, 4.69) is 40.2 Å². The SMILES string of the molecule is Cc1c(Br)c(=O)oc2c3c(n(-c4ccccc4)c(=O)c12)-c1ccccc1C3.O=c1cc(O)c2c(=O)n(-c3ccccc3)c3c(c2o1)Cc1ccccc1-3.c1ccc(N=C2CCc3ccccc32)cc1. The number of aromatic nitrogens is 2. The molecule has 4 aromatic heterocycles. The van der Waals surface area contributed by atoms with Gasteiger partial charge >= 0.3 is 11.3 Å². The van der Waals surface area contributed by atoms with Gasteiger partial charge in [0, 0.05) is 52.2 Å². The van der Waals surface area contributed by atoms with Crippen LogP contribution in [0.1, 0.15) is 45.4 Å². The molecule has 4 heterocycles. The van der Waals surface area contributed by atoms with Crippen LogP contribution in [0.4, 0.5) is 5.69 Å². The van der Waals surface area contributed by atoms with Crippen LogP contribution in [0.5, 0.6) is 5.75 Å². The lowest BCUT2D eigenvalue weighted by molar-refractivity contribution is 0.466. The molecule has 0 atom stereocenters. The molecule has 0 fully saturated rings. The molecule has 0 aliphatic heterocycles. The van der Waals surface area contributed by atoms with Crippen molar-refractivity contribution in [2.75, 3.05) is 0 Å². The lowest BCUT2D eigenvalue weighted by Crippen LogP contribution is -2.23. The minimum Gasteiger partial charge on any atom is -0.507 e. The Kier molecular flexibility index (Phi) is 11.1. The largest absolute Gasteiger partial charge is 0.507 e. The molecule has 13 rings (SSSR count). The number of aromatic hydroxyl groups is 1. The third-order valence-corrected chi connectivity index (χ3v) is 13.9. The zero-order valence-corrected chi connectivity index (χ0v) is 38.7. The van der Waals surface area contributed by atoms with E-state index in [0.29, 0.717) is 45.2 Å². The molecule has 69 heavy (non-hydrogen) atoms. The zero-order valence-electron chi connectivity index (χ0n) is 37.1. The molecule has 0 radical (unpaired) electrons. The van der Waals surface area contributed by atoms with E-state index in [9.17, 15) is 24.3 Å². The van der Waals surface area contributed by atoms with Gasteiger partial charge in [0.2, 0.25) is 0 Å². The van der Waals surface area contributed by atoms with Crippen molar-refractivity contribution in [3.05, 3.63) is 255 Å². The molecule has 0 spiro atoms. The summed E-state index contributed by atoms with van der Waals surface area (Å²) < 4.78 is 14.6. The van der Waals surface area contributed by atoms with Crippen LogP contribution < -0.4 is 22.4 Å². The van der Waals surface area contributed by atoms with E-state index >= 15 is 0 Å².